The number of rotatable bonds is 5. The van der Waals surface area contributed by atoms with Gasteiger partial charge in [0, 0.05) is 24.8 Å². The lowest BCUT2D eigenvalue weighted by molar-refractivity contribution is -0.144. The number of nitrogen functional groups attached to an aromatic ring is 1. The van der Waals surface area contributed by atoms with Crippen LogP contribution in [0.3, 0.4) is 0 Å². The molecule has 0 aliphatic carbocycles. The summed E-state index contributed by atoms with van der Waals surface area (Å²) in [5.74, 6) is -0.844. The van der Waals surface area contributed by atoms with Crippen LogP contribution in [0.15, 0.2) is 17.3 Å². The fourth-order valence-electron chi connectivity index (χ4n) is 2.25. The average Bonchev–Trinajstić information content (AvgIpc) is 2.84. The molecule has 1 aromatic carbocycles. The summed E-state index contributed by atoms with van der Waals surface area (Å²) in [5.41, 5.74) is 6.08. The molecule has 2 rings (SSSR count). The highest BCUT2D eigenvalue weighted by atomic mass is 35.5. The number of carbonyl (C=O) groups excluding carboxylic acids is 1. The van der Waals surface area contributed by atoms with E-state index in [1.54, 1.807) is 6.92 Å². The normalized spacial score (nSPS) is 20.5. The van der Waals surface area contributed by atoms with E-state index < -0.39 is 11.4 Å². The summed E-state index contributed by atoms with van der Waals surface area (Å²) in [5, 5.41) is 4.24. The number of halogens is 2. The minimum atomic E-state index is -0.616. The number of nitrogens with zero attached hydrogens (tertiary/aromatic N) is 1. The van der Waals surface area contributed by atoms with Crippen molar-refractivity contribution >= 4 is 29.0 Å². The van der Waals surface area contributed by atoms with Crippen LogP contribution < -0.4 is 5.73 Å². The molecule has 1 heterocycles. The lowest BCUT2D eigenvalue weighted by Crippen LogP contribution is -2.26. The van der Waals surface area contributed by atoms with E-state index in [0.29, 0.717) is 30.7 Å². The number of hydrogen-bond donors (Lipinski definition) is 1. The first-order valence-corrected chi connectivity index (χ1v) is 7.38. The van der Waals surface area contributed by atoms with E-state index in [-0.39, 0.29) is 23.1 Å². The first-order chi connectivity index (χ1) is 10.3. The largest absolute Gasteiger partial charge is 0.466 e. The zero-order valence-corrected chi connectivity index (χ0v) is 13.2. The molecule has 0 amide bonds. The Hall–Kier alpha value is -1.82. The van der Waals surface area contributed by atoms with Crippen molar-refractivity contribution < 1.29 is 18.8 Å². The number of nitrogens with two attached hydrogens (primary N) is 1. The molecule has 0 spiro atoms. The average molecular weight is 329 g/mol. The van der Waals surface area contributed by atoms with E-state index in [0.717, 1.165) is 6.07 Å². The smallest absolute Gasteiger partial charge is 0.305 e. The van der Waals surface area contributed by atoms with Crippen molar-refractivity contribution in [2.24, 2.45) is 5.16 Å². The first-order valence-electron chi connectivity index (χ1n) is 7.00. The van der Waals surface area contributed by atoms with Crippen LogP contribution in [0.25, 0.3) is 0 Å². The van der Waals surface area contributed by atoms with Gasteiger partial charge in [0.05, 0.1) is 23.0 Å². The zero-order chi connectivity index (χ0) is 16.3. The van der Waals surface area contributed by atoms with Crippen molar-refractivity contribution in [3.05, 3.63) is 28.5 Å². The van der Waals surface area contributed by atoms with E-state index in [1.807, 2.05) is 6.92 Å². The second-order valence-electron chi connectivity index (χ2n) is 5.41. The van der Waals surface area contributed by atoms with Crippen LogP contribution in [0.4, 0.5) is 10.1 Å². The Morgan fingerprint density at radius 2 is 2.32 bits per heavy atom. The Kier molecular flexibility index (Phi) is 4.90. The molecular formula is C15H18ClFN2O3. The van der Waals surface area contributed by atoms with Gasteiger partial charge in [0.15, 0.2) is 0 Å². The van der Waals surface area contributed by atoms with E-state index in [1.165, 1.54) is 6.07 Å². The van der Waals surface area contributed by atoms with Gasteiger partial charge >= 0.3 is 5.97 Å². The fourth-order valence-corrected chi connectivity index (χ4v) is 2.51. The molecule has 22 heavy (non-hydrogen) atoms. The molecular weight excluding hydrogens is 311 g/mol. The highest BCUT2D eigenvalue weighted by Crippen LogP contribution is 2.34. The molecule has 1 unspecified atom stereocenters. The van der Waals surface area contributed by atoms with Crippen LogP contribution >= 0.6 is 11.6 Å². The third-order valence-electron chi connectivity index (χ3n) is 3.48. The van der Waals surface area contributed by atoms with Gasteiger partial charge < -0.3 is 15.3 Å². The predicted octanol–water partition coefficient (Wildman–Crippen LogP) is 3.29. The van der Waals surface area contributed by atoms with Gasteiger partial charge in [-0.2, -0.15) is 0 Å². The van der Waals surface area contributed by atoms with Gasteiger partial charge in [-0.3, -0.25) is 4.79 Å². The Morgan fingerprint density at radius 3 is 3.00 bits per heavy atom. The van der Waals surface area contributed by atoms with Gasteiger partial charge in [-0.25, -0.2) is 4.39 Å². The van der Waals surface area contributed by atoms with Gasteiger partial charge in [-0.1, -0.05) is 16.8 Å². The van der Waals surface area contributed by atoms with Crippen molar-refractivity contribution in [1.82, 2.24) is 0 Å². The molecule has 2 N–H and O–H groups in total. The SMILES string of the molecule is CCOC(=O)CCC1(C)CC(c2cc(N)c(F)cc2Cl)=NO1. The predicted molar refractivity (Wildman–Crippen MR) is 82.3 cm³/mol. The van der Waals surface area contributed by atoms with Crippen molar-refractivity contribution in [2.45, 2.75) is 38.7 Å². The summed E-state index contributed by atoms with van der Waals surface area (Å²) in [6.45, 7) is 3.96. The Balaban J connectivity index is 2.05. The summed E-state index contributed by atoms with van der Waals surface area (Å²) in [4.78, 5) is 16.9. The molecule has 1 aromatic rings. The van der Waals surface area contributed by atoms with Gasteiger partial charge in [0.1, 0.15) is 11.4 Å². The number of benzene rings is 1. The quantitative estimate of drug-likeness (QED) is 0.665. The number of hydrogen-bond acceptors (Lipinski definition) is 5. The maximum Gasteiger partial charge on any atom is 0.305 e. The van der Waals surface area contributed by atoms with Crippen LogP contribution in [0.1, 0.15) is 38.7 Å². The minimum absolute atomic E-state index is 0.00206. The van der Waals surface area contributed by atoms with E-state index in [2.05, 4.69) is 5.16 Å². The second kappa shape index (κ2) is 6.52. The summed E-state index contributed by atoms with van der Waals surface area (Å²) in [6.07, 6.45) is 1.16. The number of esters is 1. The molecule has 7 heteroatoms. The van der Waals surface area contributed by atoms with Gasteiger partial charge in [-0.05, 0) is 26.0 Å². The number of carbonyl (C=O) groups is 1. The lowest BCUT2D eigenvalue weighted by atomic mass is 9.91. The number of oxime groups is 1. The van der Waals surface area contributed by atoms with E-state index in [9.17, 15) is 9.18 Å². The molecule has 0 saturated heterocycles. The third kappa shape index (κ3) is 3.68. The fraction of sp³-hybridized carbons (Fsp3) is 0.467. The molecule has 0 fully saturated rings. The topological polar surface area (TPSA) is 73.9 Å². The molecule has 1 aliphatic rings. The lowest BCUT2D eigenvalue weighted by Gasteiger charge is -2.20. The van der Waals surface area contributed by atoms with Crippen LogP contribution in [-0.4, -0.2) is 23.9 Å². The van der Waals surface area contributed by atoms with Gasteiger partial charge in [-0.15, -0.1) is 0 Å². The summed E-state index contributed by atoms with van der Waals surface area (Å²) < 4.78 is 18.2. The molecule has 1 aliphatic heterocycles. The molecule has 0 saturated carbocycles. The van der Waals surface area contributed by atoms with E-state index in [4.69, 9.17) is 26.9 Å². The highest BCUT2D eigenvalue weighted by Gasteiger charge is 2.36. The second-order valence-corrected chi connectivity index (χ2v) is 5.82. The molecule has 0 bridgehead atoms. The Morgan fingerprint density at radius 1 is 1.59 bits per heavy atom. The maximum atomic E-state index is 13.3. The Bertz CT molecular complexity index is 621. The number of anilines is 1. The minimum Gasteiger partial charge on any atom is -0.466 e. The van der Waals surface area contributed by atoms with Crippen molar-refractivity contribution in [3.63, 3.8) is 0 Å². The first kappa shape index (κ1) is 16.5. The summed E-state index contributed by atoms with van der Waals surface area (Å²) in [7, 11) is 0. The van der Waals surface area contributed by atoms with Crippen LogP contribution in [-0.2, 0) is 14.4 Å². The number of ether oxygens (including phenoxy) is 1. The van der Waals surface area contributed by atoms with Crippen molar-refractivity contribution in [3.8, 4) is 0 Å². The van der Waals surface area contributed by atoms with E-state index >= 15 is 0 Å². The molecule has 0 aromatic heterocycles. The molecule has 0 radical (unpaired) electrons. The van der Waals surface area contributed by atoms with Gasteiger partial charge in [0.2, 0.25) is 0 Å². The highest BCUT2D eigenvalue weighted by molar-refractivity contribution is 6.34. The van der Waals surface area contributed by atoms with Crippen LogP contribution in [0.2, 0.25) is 5.02 Å². The zero-order valence-electron chi connectivity index (χ0n) is 12.5. The van der Waals surface area contributed by atoms with Gasteiger partial charge in [0.25, 0.3) is 0 Å². The molecule has 120 valence electrons. The summed E-state index contributed by atoms with van der Waals surface area (Å²) in [6, 6.07) is 2.60. The van der Waals surface area contributed by atoms with Crippen molar-refractivity contribution in [2.75, 3.05) is 12.3 Å². The van der Waals surface area contributed by atoms with Crippen LogP contribution in [0.5, 0.6) is 0 Å². The molecule has 1 atom stereocenters. The molecule has 5 nitrogen and oxygen atoms in total. The standard InChI is InChI=1S/C15H18ClFN2O3/c1-3-21-14(20)4-5-15(2)8-13(19-22-15)9-6-12(18)11(17)7-10(9)16/h6-7H,3-5,8,18H2,1-2H3. The van der Waals surface area contributed by atoms with Crippen LogP contribution in [0, 0.1) is 5.82 Å². The maximum absolute atomic E-state index is 13.3. The monoisotopic (exact) mass is 328 g/mol. The Labute approximate surface area is 133 Å². The third-order valence-corrected chi connectivity index (χ3v) is 3.79. The summed E-state index contributed by atoms with van der Waals surface area (Å²) >= 11 is 6.04. The van der Waals surface area contributed by atoms with Crippen molar-refractivity contribution in [1.29, 1.82) is 0 Å².